The Balaban J connectivity index is 1.53. The van der Waals surface area contributed by atoms with Crippen LogP contribution < -0.4 is 9.80 Å². The zero-order valence-electron chi connectivity index (χ0n) is 18.6. The van der Waals surface area contributed by atoms with Crippen LogP contribution in [0.3, 0.4) is 0 Å². The largest absolute Gasteiger partial charge is 0.377 e. The summed E-state index contributed by atoms with van der Waals surface area (Å²) >= 11 is 0. The molecule has 0 unspecified atom stereocenters. The number of fused-ring (bicyclic) bond motifs is 2. The van der Waals surface area contributed by atoms with Gasteiger partial charge in [-0.05, 0) is 45.2 Å². The highest BCUT2D eigenvalue weighted by molar-refractivity contribution is 5.96. The van der Waals surface area contributed by atoms with Crippen LogP contribution in [0.15, 0.2) is 30.5 Å². The molecule has 0 saturated carbocycles. The van der Waals surface area contributed by atoms with Crippen molar-refractivity contribution in [1.29, 1.82) is 0 Å². The number of benzene rings is 1. The van der Waals surface area contributed by atoms with Crippen molar-refractivity contribution in [2.45, 2.75) is 45.2 Å². The van der Waals surface area contributed by atoms with Crippen LogP contribution in [0.2, 0.25) is 0 Å². The summed E-state index contributed by atoms with van der Waals surface area (Å²) in [7, 11) is 0. The third-order valence-electron chi connectivity index (χ3n) is 6.86. The summed E-state index contributed by atoms with van der Waals surface area (Å²) in [6, 6.07) is 9.01. The van der Waals surface area contributed by atoms with Gasteiger partial charge in [-0.25, -0.2) is 4.98 Å². The van der Waals surface area contributed by atoms with E-state index in [1.54, 1.807) is 0 Å². The molecule has 4 aromatic rings. The van der Waals surface area contributed by atoms with E-state index in [-0.39, 0.29) is 6.04 Å². The van der Waals surface area contributed by atoms with Gasteiger partial charge in [0.15, 0.2) is 17.0 Å². The van der Waals surface area contributed by atoms with Crippen molar-refractivity contribution in [1.82, 2.24) is 24.9 Å². The maximum atomic E-state index is 5.70. The van der Waals surface area contributed by atoms with Crippen molar-refractivity contribution < 1.29 is 4.74 Å². The molecular formula is C24H29N7O. The Bertz CT molecular complexity index is 1260. The number of rotatable bonds is 3. The topological polar surface area (TPSA) is 86.0 Å². The summed E-state index contributed by atoms with van der Waals surface area (Å²) in [4.78, 5) is 26.6. The molecule has 8 heteroatoms. The zero-order valence-corrected chi connectivity index (χ0v) is 18.6. The molecule has 2 aliphatic rings. The lowest BCUT2D eigenvalue weighted by Crippen LogP contribution is -2.45. The van der Waals surface area contributed by atoms with Gasteiger partial charge in [-0.15, -0.1) is 0 Å². The zero-order chi connectivity index (χ0) is 21.7. The van der Waals surface area contributed by atoms with E-state index < -0.39 is 0 Å². The molecule has 8 nitrogen and oxygen atoms in total. The number of piperidine rings is 1. The number of hydrogen-bond donors (Lipinski definition) is 2. The highest BCUT2D eigenvalue weighted by atomic mass is 16.5. The van der Waals surface area contributed by atoms with Crippen molar-refractivity contribution in [3.05, 3.63) is 30.5 Å². The van der Waals surface area contributed by atoms with Crippen LogP contribution in [0.25, 0.3) is 33.5 Å². The number of nitrogens with zero attached hydrogens (tertiary/aromatic N) is 5. The predicted octanol–water partition coefficient (Wildman–Crippen LogP) is 4.11. The Morgan fingerprint density at radius 1 is 1.00 bits per heavy atom. The van der Waals surface area contributed by atoms with Crippen molar-refractivity contribution in [2.24, 2.45) is 0 Å². The van der Waals surface area contributed by atoms with Crippen LogP contribution in [0, 0.1) is 0 Å². The van der Waals surface area contributed by atoms with Crippen LogP contribution in [-0.4, -0.2) is 63.3 Å². The minimum Gasteiger partial charge on any atom is -0.377 e. The number of ether oxygens (including phenoxy) is 1. The van der Waals surface area contributed by atoms with Gasteiger partial charge in [-0.3, -0.25) is 0 Å². The molecule has 0 amide bonds. The second-order valence-electron chi connectivity index (χ2n) is 9.03. The van der Waals surface area contributed by atoms with Gasteiger partial charge in [0.25, 0.3) is 0 Å². The average molecular weight is 432 g/mol. The van der Waals surface area contributed by atoms with E-state index in [0.29, 0.717) is 19.3 Å². The van der Waals surface area contributed by atoms with Gasteiger partial charge in [0.1, 0.15) is 5.82 Å². The van der Waals surface area contributed by atoms with E-state index in [1.165, 1.54) is 19.3 Å². The molecule has 0 spiro atoms. The van der Waals surface area contributed by atoms with Gasteiger partial charge >= 0.3 is 0 Å². The van der Waals surface area contributed by atoms with E-state index in [9.17, 15) is 0 Å². The van der Waals surface area contributed by atoms with Gasteiger partial charge < -0.3 is 24.5 Å². The molecular weight excluding hydrogens is 402 g/mol. The van der Waals surface area contributed by atoms with Gasteiger partial charge in [-0.2, -0.15) is 9.97 Å². The fraction of sp³-hybridized carbons (Fsp3) is 0.458. The second kappa shape index (κ2) is 7.78. The standard InChI is InChI=1S/C24H29N7O/c1-15-6-3-4-11-31(15)24-28-22-20(23(29-24)30-12-13-32-14-16(30)2)26-21(27-22)18-7-5-8-19-17(18)9-10-25-19/h5,7-10,15-16,25H,3-4,6,11-14H2,1-2H3,(H,26,27,28,29)/t15-,16-/m1/s1. The lowest BCUT2D eigenvalue weighted by molar-refractivity contribution is 0.0986. The van der Waals surface area contributed by atoms with E-state index in [2.05, 4.69) is 57.9 Å². The predicted molar refractivity (Wildman–Crippen MR) is 127 cm³/mol. The number of anilines is 2. The second-order valence-corrected chi connectivity index (χ2v) is 9.03. The lowest BCUT2D eigenvalue weighted by atomic mass is 10.0. The molecule has 0 radical (unpaired) electrons. The Labute approximate surface area is 187 Å². The summed E-state index contributed by atoms with van der Waals surface area (Å²) in [5.74, 6) is 2.53. The number of morpholine rings is 1. The van der Waals surface area contributed by atoms with Gasteiger partial charge in [0.2, 0.25) is 5.95 Å². The third kappa shape index (κ3) is 3.21. The van der Waals surface area contributed by atoms with Gasteiger partial charge in [0.05, 0.1) is 19.3 Å². The molecule has 0 aliphatic carbocycles. The Kier molecular flexibility index (Phi) is 4.75. The maximum absolute atomic E-state index is 5.70. The van der Waals surface area contributed by atoms with Crippen molar-refractivity contribution in [3.8, 4) is 11.4 Å². The molecule has 2 atom stereocenters. The van der Waals surface area contributed by atoms with Gasteiger partial charge in [-0.1, -0.05) is 12.1 Å². The molecule has 32 heavy (non-hydrogen) atoms. The first kappa shape index (κ1) is 19.5. The fourth-order valence-electron chi connectivity index (χ4n) is 5.06. The first-order valence-electron chi connectivity index (χ1n) is 11.6. The highest BCUT2D eigenvalue weighted by Crippen LogP contribution is 2.33. The van der Waals surface area contributed by atoms with E-state index in [0.717, 1.165) is 58.3 Å². The number of aromatic amines is 2. The number of H-pyrrole nitrogens is 2. The van der Waals surface area contributed by atoms with Crippen molar-refractivity contribution >= 4 is 33.8 Å². The van der Waals surface area contributed by atoms with E-state index in [4.69, 9.17) is 19.7 Å². The van der Waals surface area contributed by atoms with Crippen molar-refractivity contribution in [2.75, 3.05) is 36.1 Å². The van der Waals surface area contributed by atoms with E-state index in [1.807, 2.05) is 6.20 Å². The fourth-order valence-corrected chi connectivity index (χ4v) is 5.06. The first-order valence-corrected chi connectivity index (χ1v) is 11.6. The smallest absolute Gasteiger partial charge is 0.229 e. The SMILES string of the molecule is C[C@@H]1CCCCN1c1nc(N2CCOC[C@H]2C)c2nc(-c3cccc4[nH]ccc34)[nH]c2n1. The monoisotopic (exact) mass is 431 g/mol. The molecule has 3 aromatic heterocycles. The summed E-state index contributed by atoms with van der Waals surface area (Å²) < 4.78 is 5.70. The number of imidazole rings is 1. The Morgan fingerprint density at radius 3 is 2.81 bits per heavy atom. The molecule has 5 heterocycles. The molecule has 1 aromatic carbocycles. The first-order chi connectivity index (χ1) is 15.7. The summed E-state index contributed by atoms with van der Waals surface area (Å²) in [5.41, 5.74) is 3.79. The summed E-state index contributed by atoms with van der Waals surface area (Å²) in [5, 5.41) is 1.14. The molecule has 6 rings (SSSR count). The quantitative estimate of drug-likeness (QED) is 0.508. The minimum absolute atomic E-state index is 0.238. The van der Waals surface area contributed by atoms with Crippen LogP contribution in [0.4, 0.5) is 11.8 Å². The summed E-state index contributed by atoms with van der Waals surface area (Å²) in [6.45, 7) is 7.65. The van der Waals surface area contributed by atoms with Crippen molar-refractivity contribution in [3.63, 3.8) is 0 Å². The molecule has 2 N–H and O–H groups in total. The third-order valence-corrected chi connectivity index (χ3v) is 6.86. The molecule has 2 aliphatic heterocycles. The lowest BCUT2D eigenvalue weighted by Gasteiger charge is -2.36. The number of nitrogens with one attached hydrogen (secondary N) is 2. The highest BCUT2D eigenvalue weighted by Gasteiger charge is 2.28. The normalized spacial score (nSPS) is 22.2. The molecule has 166 valence electrons. The molecule has 0 bridgehead atoms. The number of hydrogen-bond acceptors (Lipinski definition) is 6. The Hall–Kier alpha value is -3.13. The average Bonchev–Trinajstić information content (AvgIpc) is 3.46. The number of aromatic nitrogens is 5. The molecule has 2 saturated heterocycles. The van der Waals surface area contributed by atoms with Crippen LogP contribution >= 0.6 is 0 Å². The van der Waals surface area contributed by atoms with Crippen LogP contribution in [-0.2, 0) is 4.74 Å². The maximum Gasteiger partial charge on any atom is 0.229 e. The van der Waals surface area contributed by atoms with Crippen LogP contribution in [0.5, 0.6) is 0 Å². The van der Waals surface area contributed by atoms with Gasteiger partial charge in [0, 0.05) is 41.8 Å². The van der Waals surface area contributed by atoms with E-state index >= 15 is 0 Å². The Morgan fingerprint density at radius 2 is 1.94 bits per heavy atom. The van der Waals surface area contributed by atoms with Crippen LogP contribution in [0.1, 0.15) is 33.1 Å². The minimum atomic E-state index is 0.238. The summed E-state index contributed by atoms with van der Waals surface area (Å²) in [6.07, 6.45) is 5.59. The molecule has 2 fully saturated rings.